The molecular weight excluding hydrogens is 310 g/mol. The highest BCUT2D eigenvalue weighted by Crippen LogP contribution is 2.31. The standard InChI is InChI=1S/C18H17NO3S/c20-17(19-9-8-12-4-1-2-6-14(12)19)11-22-18(21)16-10-13-5-3-7-15(13)23-16/h1-2,4,6,10H,3,5,7-9,11H2. The summed E-state index contributed by atoms with van der Waals surface area (Å²) in [7, 11) is 0. The first-order valence-corrected chi connectivity index (χ1v) is 8.71. The lowest BCUT2D eigenvalue weighted by Gasteiger charge is -2.16. The number of para-hydroxylation sites is 1. The van der Waals surface area contributed by atoms with Crippen LogP contribution in [0.3, 0.4) is 0 Å². The molecule has 0 spiro atoms. The van der Waals surface area contributed by atoms with Gasteiger partial charge in [0, 0.05) is 17.1 Å². The van der Waals surface area contributed by atoms with E-state index in [1.54, 1.807) is 4.90 Å². The summed E-state index contributed by atoms with van der Waals surface area (Å²) >= 11 is 1.50. The highest BCUT2D eigenvalue weighted by Gasteiger charge is 2.26. The Morgan fingerprint density at radius 3 is 2.87 bits per heavy atom. The van der Waals surface area contributed by atoms with Gasteiger partial charge in [-0.05, 0) is 48.9 Å². The van der Waals surface area contributed by atoms with Crippen molar-refractivity contribution in [2.24, 2.45) is 0 Å². The third kappa shape index (κ3) is 2.65. The van der Waals surface area contributed by atoms with Crippen molar-refractivity contribution in [3.05, 3.63) is 51.2 Å². The lowest BCUT2D eigenvalue weighted by Crippen LogP contribution is -2.33. The van der Waals surface area contributed by atoms with Crippen molar-refractivity contribution in [1.29, 1.82) is 0 Å². The number of fused-ring (bicyclic) bond motifs is 2. The third-order valence-corrected chi connectivity index (χ3v) is 5.68. The smallest absolute Gasteiger partial charge is 0.348 e. The number of anilines is 1. The summed E-state index contributed by atoms with van der Waals surface area (Å²) in [4.78, 5) is 28.1. The molecule has 1 amide bonds. The van der Waals surface area contributed by atoms with E-state index in [9.17, 15) is 9.59 Å². The molecule has 4 rings (SSSR count). The minimum absolute atomic E-state index is 0.160. The second-order valence-corrected chi connectivity index (χ2v) is 7.05. The summed E-state index contributed by atoms with van der Waals surface area (Å²) in [5.74, 6) is -0.544. The van der Waals surface area contributed by atoms with E-state index < -0.39 is 0 Å². The van der Waals surface area contributed by atoms with Crippen LogP contribution >= 0.6 is 11.3 Å². The van der Waals surface area contributed by atoms with Gasteiger partial charge in [-0.3, -0.25) is 4.79 Å². The van der Waals surface area contributed by atoms with Gasteiger partial charge in [0.05, 0.1) is 0 Å². The molecule has 1 aliphatic heterocycles. The van der Waals surface area contributed by atoms with Crippen molar-refractivity contribution in [2.75, 3.05) is 18.1 Å². The molecule has 1 aliphatic carbocycles. The van der Waals surface area contributed by atoms with Crippen molar-refractivity contribution in [3.63, 3.8) is 0 Å². The number of benzene rings is 1. The lowest BCUT2D eigenvalue weighted by atomic mass is 10.2. The first-order chi connectivity index (χ1) is 11.2. The first-order valence-electron chi connectivity index (χ1n) is 7.89. The van der Waals surface area contributed by atoms with E-state index in [1.807, 2.05) is 30.3 Å². The maximum absolute atomic E-state index is 12.3. The maximum Gasteiger partial charge on any atom is 0.348 e. The average molecular weight is 327 g/mol. The Kier molecular flexibility index (Phi) is 3.65. The van der Waals surface area contributed by atoms with Gasteiger partial charge < -0.3 is 9.64 Å². The van der Waals surface area contributed by atoms with Gasteiger partial charge in [0.2, 0.25) is 0 Å². The van der Waals surface area contributed by atoms with E-state index in [1.165, 1.54) is 33.8 Å². The molecule has 5 heteroatoms. The van der Waals surface area contributed by atoms with Crippen molar-refractivity contribution in [3.8, 4) is 0 Å². The van der Waals surface area contributed by atoms with Gasteiger partial charge in [0.15, 0.2) is 6.61 Å². The molecule has 0 fully saturated rings. The minimum atomic E-state index is -0.384. The van der Waals surface area contributed by atoms with Gasteiger partial charge in [0.1, 0.15) is 4.88 Å². The summed E-state index contributed by atoms with van der Waals surface area (Å²) in [6, 6.07) is 9.78. The first kappa shape index (κ1) is 14.5. The topological polar surface area (TPSA) is 46.6 Å². The fourth-order valence-corrected chi connectivity index (χ4v) is 4.45. The Labute approximate surface area is 138 Å². The molecule has 0 saturated carbocycles. The molecule has 0 radical (unpaired) electrons. The second-order valence-electron chi connectivity index (χ2n) is 5.91. The molecule has 4 nitrogen and oxygen atoms in total. The monoisotopic (exact) mass is 327 g/mol. The van der Waals surface area contributed by atoms with Gasteiger partial charge in [-0.1, -0.05) is 18.2 Å². The van der Waals surface area contributed by atoms with Crippen molar-refractivity contribution < 1.29 is 14.3 Å². The summed E-state index contributed by atoms with van der Waals surface area (Å²) < 4.78 is 5.23. The number of ether oxygens (including phenoxy) is 1. The van der Waals surface area contributed by atoms with Gasteiger partial charge in [-0.25, -0.2) is 4.79 Å². The van der Waals surface area contributed by atoms with Crippen LogP contribution in [0.1, 0.15) is 32.1 Å². The van der Waals surface area contributed by atoms with Crippen LogP contribution in [0.15, 0.2) is 30.3 Å². The fourth-order valence-electron chi connectivity index (χ4n) is 3.30. The molecule has 0 N–H and O–H groups in total. The number of rotatable bonds is 3. The molecule has 2 aromatic rings. The van der Waals surface area contributed by atoms with E-state index in [4.69, 9.17) is 4.74 Å². The fraction of sp³-hybridized carbons (Fsp3) is 0.333. The molecule has 23 heavy (non-hydrogen) atoms. The van der Waals surface area contributed by atoms with Gasteiger partial charge in [0.25, 0.3) is 5.91 Å². The van der Waals surface area contributed by atoms with Crippen LogP contribution in [-0.2, 0) is 28.8 Å². The summed E-state index contributed by atoms with van der Waals surface area (Å²) in [6.45, 7) is 0.457. The van der Waals surface area contributed by atoms with Crippen molar-refractivity contribution >= 4 is 28.9 Å². The van der Waals surface area contributed by atoms with E-state index >= 15 is 0 Å². The molecule has 2 aliphatic rings. The minimum Gasteiger partial charge on any atom is -0.451 e. The van der Waals surface area contributed by atoms with Crippen molar-refractivity contribution in [2.45, 2.75) is 25.7 Å². The Morgan fingerprint density at radius 2 is 2.00 bits per heavy atom. The lowest BCUT2D eigenvalue weighted by molar-refractivity contribution is -0.121. The number of nitrogens with zero attached hydrogens (tertiary/aromatic N) is 1. The quantitative estimate of drug-likeness (QED) is 0.814. The summed E-state index contributed by atoms with van der Waals surface area (Å²) in [6.07, 6.45) is 4.12. The van der Waals surface area contributed by atoms with E-state index in [0.29, 0.717) is 11.4 Å². The number of esters is 1. The van der Waals surface area contributed by atoms with E-state index in [2.05, 4.69) is 0 Å². The van der Waals surface area contributed by atoms with Crippen LogP contribution in [-0.4, -0.2) is 25.0 Å². The third-order valence-electron chi connectivity index (χ3n) is 4.46. The number of aryl methyl sites for hydroxylation is 2. The molecule has 2 heterocycles. The normalized spacial score (nSPS) is 15.4. The molecule has 0 unspecified atom stereocenters. The molecular formula is C18H17NO3S. The molecule has 1 aromatic heterocycles. The maximum atomic E-state index is 12.3. The van der Waals surface area contributed by atoms with Crippen LogP contribution in [0.5, 0.6) is 0 Å². The number of carbonyl (C=O) groups is 2. The van der Waals surface area contributed by atoms with E-state index in [0.717, 1.165) is 24.9 Å². The predicted octanol–water partition coefficient (Wildman–Crippen LogP) is 2.98. The number of hydrogen-bond donors (Lipinski definition) is 0. The van der Waals surface area contributed by atoms with Gasteiger partial charge in [-0.2, -0.15) is 0 Å². The second kappa shape index (κ2) is 5.81. The summed E-state index contributed by atoms with van der Waals surface area (Å²) in [5.41, 5.74) is 3.37. The van der Waals surface area contributed by atoms with Crippen molar-refractivity contribution in [1.82, 2.24) is 0 Å². The Bertz CT molecular complexity index is 759. The van der Waals surface area contributed by atoms with E-state index in [-0.39, 0.29) is 18.5 Å². The van der Waals surface area contributed by atoms with Crippen LogP contribution in [0.25, 0.3) is 0 Å². The molecule has 0 bridgehead atoms. The largest absolute Gasteiger partial charge is 0.451 e. The van der Waals surface area contributed by atoms with Crippen LogP contribution in [0, 0.1) is 0 Å². The number of hydrogen-bond acceptors (Lipinski definition) is 4. The van der Waals surface area contributed by atoms with Gasteiger partial charge in [-0.15, -0.1) is 11.3 Å². The Balaban J connectivity index is 1.39. The highest BCUT2D eigenvalue weighted by atomic mass is 32.1. The number of thiophene rings is 1. The Morgan fingerprint density at radius 1 is 1.13 bits per heavy atom. The molecule has 0 saturated heterocycles. The Hall–Kier alpha value is -2.14. The highest BCUT2D eigenvalue weighted by molar-refractivity contribution is 7.14. The van der Waals surface area contributed by atoms with Crippen LogP contribution < -0.4 is 4.90 Å². The van der Waals surface area contributed by atoms with Crippen LogP contribution in [0.4, 0.5) is 5.69 Å². The molecule has 1 aromatic carbocycles. The molecule has 118 valence electrons. The number of amides is 1. The number of carbonyl (C=O) groups excluding carboxylic acids is 2. The van der Waals surface area contributed by atoms with Gasteiger partial charge >= 0.3 is 5.97 Å². The zero-order chi connectivity index (χ0) is 15.8. The SMILES string of the molecule is O=C(OCC(=O)N1CCc2ccccc21)c1cc2c(s1)CCC2. The zero-order valence-corrected chi connectivity index (χ0v) is 13.5. The van der Waals surface area contributed by atoms with Crippen LogP contribution in [0.2, 0.25) is 0 Å². The molecule has 0 atom stereocenters. The average Bonchev–Trinajstić information content (AvgIpc) is 3.25. The summed E-state index contributed by atoms with van der Waals surface area (Å²) in [5, 5.41) is 0. The predicted molar refractivity (Wildman–Crippen MR) is 89.1 cm³/mol. The zero-order valence-electron chi connectivity index (χ0n) is 12.7.